The van der Waals surface area contributed by atoms with Gasteiger partial charge in [-0.25, -0.2) is 8.78 Å². The second-order valence-corrected chi connectivity index (χ2v) is 5.46. The number of benzene rings is 2. The van der Waals surface area contributed by atoms with Crippen molar-refractivity contribution >= 4 is 11.6 Å². The number of aryl methyl sites for hydroxylation is 1. The fraction of sp³-hybridized carbons (Fsp3) is 0.250. The Labute approximate surface area is 127 Å². The Balaban J connectivity index is 2.17. The summed E-state index contributed by atoms with van der Waals surface area (Å²) in [6, 6.07) is 9.28. The molecule has 0 heterocycles. The smallest absolute Gasteiger partial charge is 0.145 e. The Kier molecular flexibility index (Phi) is 5.28. The van der Waals surface area contributed by atoms with Crippen LogP contribution in [0.4, 0.5) is 8.78 Å². The zero-order valence-corrected chi connectivity index (χ0v) is 12.4. The van der Waals surface area contributed by atoms with Crippen LogP contribution in [0.3, 0.4) is 0 Å². The fourth-order valence-corrected chi connectivity index (χ4v) is 2.48. The molecule has 1 unspecified atom stereocenters. The summed E-state index contributed by atoms with van der Waals surface area (Å²) in [7, 11) is 0. The standard InChI is InChI=1S/C16H17ClF2N2/c1-10-5-6-13(18)7-12(10)9-14(21-20)8-11-3-2-4-15(17)16(11)19/h2-7,14,21H,8-9,20H2,1H3. The van der Waals surface area contributed by atoms with E-state index in [0.717, 1.165) is 11.1 Å². The maximum absolute atomic E-state index is 13.9. The van der Waals surface area contributed by atoms with E-state index in [1.165, 1.54) is 18.2 Å². The Morgan fingerprint density at radius 1 is 1.14 bits per heavy atom. The predicted molar refractivity (Wildman–Crippen MR) is 81.1 cm³/mol. The lowest BCUT2D eigenvalue weighted by molar-refractivity contribution is 0.504. The van der Waals surface area contributed by atoms with Crippen molar-refractivity contribution in [2.24, 2.45) is 5.84 Å². The molecule has 5 heteroatoms. The summed E-state index contributed by atoms with van der Waals surface area (Å²) in [5.74, 6) is 4.82. The van der Waals surface area contributed by atoms with Gasteiger partial charge in [0, 0.05) is 6.04 Å². The lowest BCUT2D eigenvalue weighted by Crippen LogP contribution is -2.38. The first-order valence-electron chi connectivity index (χ1n) is 6.65. The van der Waals surface area contributed by atoms with E-state index >= 15 is 0 Å². The van der Waals surface area contributed by atoms with Crippen molar-refractivity contribution in [2.45, 2.75) is 25.8 Å². The third kappa shape index (κ3) is 4.00. The molecule has 0 saturated heterocycles. The summed E-state index contributed by atoms with van der Waals surface area (Å²) >= 11 is 5.77. The summed E-state index contributed by atoms with van der Waals surface area (Å²) in [5.41, 5.74) is 4.97. The van der Waals surface area contributed by atoms with Crippen molar-refractivity contribution in [3.8, 4) is 0 Å². The Morgan fingerprint density at radius 2 is 1.86 bits per heavy atom. The van der Waals surface area contributed by atoms with E-state index < -0.39 is 5.82 Å². The van der Waals surface area contributed by atoms with Crippen LogP contribution in [0.25, 0.3) is 0 Å². The van der Waals surface area contributed by atoms with Gasteiger partial charge < -0.3 is 0 Å². The molecule has 0 spiro atoms. The van der Waals surface area contributed by atoms with Gasteiger partial charge in [0.2, 0.25) is 0 Å². The van der Waals surface area contributed by atoms with Crippen molar-refractivity contribution in [1.82, 2.24) is 5.43 Å². The van der Waals surface area contributed by atoms with Gasteiger partial charge in [-0.3, -0.25) is 11.3 Å². The van der Waals surface area contributed by atoms with Crippen LogP contribution in [0.5, 0.6) is 0 Å². The second kappa shape index (κ2) is 6.98. The van der Waals surface area contributed by atoms with Crippen molar-refractivity contribution in [2.75, 3.05) is 0 Å². The van der Waals surface area contributed by atoms with Crippen LogP contribution in [0, 0.1) is 18.6 Å². The minimum atomic E-state index is -0.435. The Bertz CT molecular complexity index is 628. The van der Waals surface area contributed by atoms with E-state index in [-0.39, 0.29) is 16.9 Å². The van der Waals surface area contributed by atoms with E-state index in [1.807, 2.05) is 6.92 Å². The molecule has 112 valence electrons. The molecule has 2 rings (SSSR count). The SMILES string of the molecule is Cc1ccc(F)cc1CC(Cc1cccc(Cl)c1F)NN. The number of nitrogens with one attached hydrogen (secondary N) is 1. The molecule has 0 aliphatic carbocycles. The first-order chi connectivity index (χ1) is 10.0. The highest BCUT2D eigenvalue weighted by atomic mass is 35.5. The molecule has 0 aliphatic rings. The highest BCUT2D eigenvalue weighted by Crippen LogP contribution is 2.20. The lowest BCUT2D eigenvalue weighted by Gasteiger charge is -2.18. The second-order valence-electron chi connectivity index (χ2n) is 5.06. The molecule has 0 bridgehead atoms. The van der Waals surface area contributed by atoms with Gasteiger partial charge in [0.1, 0.15) is 11.6 Å². The maximum atomic E-state index is 13.9. The predicted octanol–water partition coefficient (Wildman–Crippen LogP) is 3.54. The van der Waals surface area contributed by atoms with Gasteiger partial charge in [0.05, 0.1) is 5.02 Å². The zero-order chi connectivity index (χ0) is 15.4. The van der Waals surface area contributed by atoms with Crippen LogP contribution >= 0.6 is 11.6 Å². The zero-order valence-electron chi connectivity index (χ0n) is 11.7. The number of hydrogen-bond acceptors (Lipinski definition) is 2. The summed E-state index contributed by atoms with van der Waals surface area (Å²) in [6.07, 6.45) is 0.880. The quantitative estimate of drug-likeness (QED) is 0.655. The molecule has 0 fully saturated rings. The molecule has 0 amide bonds. The number of hydrazine groups is 1. The van der Waals surface area contributed by atoms with Gasteiger partial charge in [0.15, 0.2) is 0 Å². The van der Waals surface area contributed by atoms with Crippen molar-refractivity contribution in [3.05, 3.63) is 69.7 Å². The first kappa shape index (κ1) is 15.9. The average Bonchev–Trinajstić information content (AvgIpc) is 2.46. The number of halogens is 3. The molecule has 0 aromatic heterocycles. The van der Waals surface area contributed by atoms with E-state index in [2.05, 4.69) is 5.43 Å². The van der Waals surface area contributed by atoms with Gasteiger partial charge in [-0.1, -0.05) is 29.8 Å². The molecule has 2 aromatic rings. The molecular weight excluding hydrogens is 294 g/mol. The highest BCUT2D eigenvalue weighted by Gasteiger charge is 2.15. The topological polar surface area (TPSA) is 38.0 Å². The van der Waals surface area contributed by atoms with Crippen LogP contribution in [0.15, 0.2) is 36.4 Å². The summed E-state index contributed by atoms with van der Waals surface area (Å²) in [4.78, 5) is 0. The third-order valence-corrected chi connectivity index (χ3v) is 3.80. The monoisotopic (exact) mass is 310 g/mol. The minimum Gasteiger partial charge on any atom is -0.271 e. The van der Waals surface area contributed by atoms with Gasteiger partial charge >= 0.3 is 0 Å². The third-order valence-electron chi connectivity index (χ3n) is 3.51. The highest BCUT2D eigenvalue weighted by molar-refractivity contribution is 6.30. The fourth-order valence-electron chi connectivity index (χ4n) is 2.29. The van der Waals surface area contributed by atoms with Gasteiger partial charge in [-0.15, -0.1) is 0 Å². The number of rotatable bonds is 5. The Hall–Kier alpha value is -1.49. The largest absolute Gasteiger partial charge is 0.271 e. The van der Waals surface area contributed by atoms with Crippen molar-refractivity contribution in [3.63, 3.8) is 0 Å². The minimum absolute atomic E-state index is 0.0882. The van der Waals surface area contributed by atoms with Crippen LogP contribution in [0.2, 0.25) is 5.02 Å². The van der Waals surface area contributed by atoms with E-state index in [4.69, 9.17) is 17.4 Å². The molecule has 2 aromatic carbocycles. The number of nitrogens with two attached hydrogens (primary N) is 1. The summed E-state index contributed by atoms with van der Waals surface area (Å²) in [5, 5.41) is 0.0882. The van der Waals surface area contributed by atoms with Crippen molar-refractivity contribution < 1.29 is 8.78 Å². The maximum Gasteiger partial charge on any atom is 0.145 e. The van der Waals surface area contributed by atoms with E-state index in [9.17, 15) is 8.78 Å². The van der Waals surface area contributed by atoms with Crippen LogP contribution in [-0.4, -0.2) is 6.04 Å². The van der Waals surface area contributed by atoms with E-state index in [0.29, 0.717) is 18.4 Å². The van der Waals surface area contributed by atoms with E-state index in [1.54, 1.807) is 18.2 Å². The number of hydrogen-bond donors (Lipinski definition) is 2. The van der Waals surface area contributed by atoms with Crippen LogP contribution in [-0.2, 0) is 12.8 Å². The molecule has 2 nitrogen and oxygen atoms in total. The first-order valence-corrected chi connectivity index (χ1v) is 7.03. The van der Waals surface area contributed by atoms with Gasteiger partial charge in [-0.05, 0) is 54.7 Å². The van der Waals surface area contributed by atoms with Gasteiger partial charge in [-0.2, -0.15) is 0 Å². The average molecular weight is 311 g/mol. The molecule has 0 aliphatic heterocycles. The molecule has 1 atom stereocenters. The summed E-state index contributed by atoms with van der Waals surface area (Å²) in [6.45, 7) is 1.91. The lowest BCUT2D eigenvalue weighted by atomic mass is 9.96. The molecular formula is C16H17ClF2N2. The summed E-state index contributed by atoms with van der Waals surface area (Å²) < 4.78 is 27.2. The van der Waals surface area contributed by atoms with Crippen LogP contribution in [0.1, 0.15) is 16.7 Å². The normalized spacial score (nSPS) is 12.4. The molecule has 21 heavy (non-hydrogen) atoms. The van der Waals surface area contributed by atoms with Crippen molar-refractivity contribution in [1.29, 1.82) is 0 Å². The van der Waals surface area contributed by atoms with Gasteiger partial charge in [0.25, 0.3) is 0 Å². The Morgan fingerprint density at radius 3 is 2.57 bits per heavy atom. The molecule has 0 radical (unpaired) electrons. The molecule has 0 saturated carbocycles. The van der Waals surface area contributed by atoms with Crippen LogP contribution < -0.4 is 11.3 Å². The molecule has 3 N–H and O–H groups in total.